The molecule has 0 fully saturated rings. The van der Waals surface area contributed by atoms with Crippen LogP contribution in [0.2, 0.25) is 0 Å². The predicted octanol–water partition coefficient (Wildman–Crippen LogP) is 10.7. The molecule has 0 aliphatic carbocycles. The van der Waals surface area contributed by atoms with Crippen LogP contribution in [-0.2, 0) is 26.2 Å². The molecular weight excluding hydrogens is 636 g/mol. The number of benzene rings is 4. The zero-order valence-electron chi connectivity index (χ0n) is 28.9. The summed E-state index contributed by atoms with van der Waals surface area (Å²) in [5.74, 6) is -0.554. The van der Waals surface area contributed by atoms with Gasteiger partial charge >= 0.3 is 26.2 Å². The van der Waals surface area contributed by atoms with Gasteiger partial charge < -0.3 is 30.9 Å². The Morgan fingerprint density at radius 1 is 0.467 bits per heavy atom. The molecule has 0 N–H and O–H groups in total. The second kappa shape index (κ2) is 18.6. The van der Waals surface area contributed by atoms with E-state index in [1.54, 1.807) is 28.2 Å². The Bertz CT molecular complexity index is 1460. The monoisotopic (exact) mass is 680 g/mol. The SMILES string of the molecule is C[N-]C.C[N-]C.Cc1cc(C)c(C(=O)[N-]c2cccc(C)c2-c2c(C)cccc2[N-]C(=O)c2c(C)cc(C)cc2C)c(C)c1.[Zr+4]. The molecule has 0 aliphatic rings. The molecule has 0 radical (unpaired) electrons. The Balaban J connectivity index is 0.00000134. The van der Waals surface area contributed by atoms with Crippen LogP contribution in [0.5, 0.6) is 0 Å². The fourth-order valence-corrected chi connectivity index (χ4v) is 5.51. The number of carbonyl (C=O) groups excluding carboxylic acids is 2. The first-order valence-electron chi connectivity index (χ1n) is 14.6. The minimum absolute atomic E-state index is 0. The summed E-state index contributed by atoms with van der Waals surface area (Å²) in [6, 6.07) is 19.5. The van der Waals surface area contributed by atoms with Gasteiger partial charge in [-0.05, 0) is 99.9 Å². The van der Waals surface area contributed by atoms with E-state index in [-0.39, 0.29) is 38.0 Å². The molecular formula is C38H46N4O2Zr. The molecule has 7 heteroatoms. The van der Waals surface area contributed by atoms with Gasteiger partial charge in [-0.2, -0.15) is 28.2 Å². The van der Waals surface area contributed by atoms with Crippen molar-refractivity contribution in [2.75, 3.05) is 28.2 Å². The molecule has 0 bridgehead atoms. The summed E-state index contributed by atoms with van der Waals surface area (Å²) in [6.07, 6.45) is 0. The summed E-state index contributed by atoms with van der Waals surface area (Å²) < 4.78 is 0. The van der Waals surface area contributed by atoms with Crippen LogP contribution in [0.3, 0.4) is 0 Å². The van der Waals surface area contributed by atoms with E-state index in [1.807, 2.05) is 116 Å². The van der Waals surface area contributed by atoms with E-state index in [0.717, 1.165) is 55.6 Å². The van der Waals surface area contributed by atoms with Crippen molar-refractivity contribution in [2.45, 2.75) is 55.4 Å². The summed E-state index contributed by atoms with van der Waals surface area (Å²) in [6.45, 7) is 15.8. The van der Waals surface area contributed by atoms with Crippen LogP contribution in [-0.4, -0.2) is 40.0 Å². The fourth-order valence-electron chi connectivity index (χ4n) is 5.51. The Hall–Kier alpha value is -3.38. The minimum atomic E-state index is -0.277. The maximum atomic E-state index is 13.5. The molecule has 0 atom stereocenters. The smallest absolute Gasteiger partial charge is 0.668 e. The van der Waals surface area contributed by atoms with Gasteiger partial charge in [0.1, 0.15) is 0 Å². The van der Waals surface area contributed by atoms with Crippen molar-refractivity contribution in [2.24, 2.45) is 0 Å². The van der Waals surface area contributed by atoms with E-state index in [2.05, 4.69) is 21.3 Å². The molecule has 0 heterocycles. The minimum Gasteiger partial charge on any atom is -0.668 e. The van der Waals surface area contributed by atoms with E-state index in [4.69, 9.17) is 0 Å². The summed E-state index contributed by atoms with van der Waals surface area (Å²) in [4.78, 5) is 26.9. The maximum Gasteiger partial charge on any atom is 4.00 e. The first kappa shape index (κ1) is 39.6. The van der Waals surface area contributed by atoms with Crippen LogP contribution in [0.15, 0.2) is 60.7 Å². The third-order valence-corrected chi connectivity index (χ3v) is 6.98. The molecule has 2 amide bonds. The number of carbonyl (C=O) groups is 2. The second-order valence-electron chi connectivity index (χ2n) is 11.2. The molecule has 45 heavy (non-hydrogen) atoms. The first-order chi connectivity index (χ1) is 20.8. The van der Waals surface area contributed by atoms with Crippen LogP contribution >= 0.6 is 0 Å². The van der Waals surface area contributed by atoms with Gasteiger partial charge in [-0.25, -0.2) is 0 Å². The number of hydrogen-bond donors (Lipinski definition) is 0. The zero-order chi connectivity index (χ0) is 33.1. The third-order valence-electron chi connectivity index (χ3n) is 6.98. The van der Waals surface area contributed by atoms with Gasteiger partial charge in [-0.1, -0.05) is 71.8 Å². The molecule has 4 aromatic rings. The Kier molecular flexibility index (Phi) is 16.4. The molecule has 0 saturated carbocycles. The molecule has 4 aromatic carbocycles. The van der Waals surface area contributed by atoms with Crippen molar-refractivity contribution in [3.8, 4) is 11.1 Å². The normalized spacial score (nSPS) is 9.96. The Morgan fingerprint density at radius 3 is 1.00 bits per heavy atom. The van der Waals surface area contributed by atoms with E-state index < -0.39 is 0 Å². The van der Waals surface area contributed by atoms with Gasteiger partial charge in [0.25, 0.3) is 0 Å². The maximum absolute atomic E-state index is 13.5. The zero-order valence-corrected chi connectivity index (χ0v) is 31.3. The standard InChI is InChI=1S/C34H36N2O2.2C2H6N.Zr/c1-19-15-23(5)29(24(6)16-19)33(37)35-27-13-9-11-21(3)31(27)32-22(4)12-10-14-28(32)36-34(38)30-25(7)17-20(2)18-26(30)8;2*1-3-2;/h9-18H,1-8H3,(H2,35,36,37,38);2*1-2H3;/q;2*-1;+4/p-2. The van der Waals surface area contributed by atoms with Crippen LogP contribution in [0.25, 0.3) is 32.4 Å². The van der Waals surface area contributed by atoms with Crippen molar-refractivity contribution in [1.82, 2.24) is 0 Å². The molecule has 234 valence electrons. The van der Waals surface area contributed by atoms with Crippen molar-refractivity contribution < 1.29 is 35.8 Å². The molecule has 0 aliphatic heterocycles. The molecule has 0 unspecified atom stereocenters. The topological polar surface area (TPSA) is 90.5 Å². The summed E-state index contributed by atoms with van der Waals surface area (Å²) in [5.41, 5.74) is 11.8. The third kappa shape index (κ3) is 10.3. The predicted molar refractivity (Wildman–Crippen MR) is 188 cm³/mol. The van der Waals surface area contributed by atoms with E-state index in [1.165, 1.54) is 0 Å². The van der Waals surface area contributed by atoms with Crippen LogP contribution in [0.4, 0.5) is 11.4 Å². The van der Waals surface area contributed by atoms with Crippen molar-refractivity contribution >= 4 is 23.2 Å². The second-order valence-corrected chi connectivity index (χ2v) is 11.2. The van der Waals surface area contributed by atoms with Crippen molar-refractivity contribution in [3.05, 3.63) is 138 Å². The van der Waals surface area contributed by atoms with E-state index in [9.17, 15) is 9.59 Å². The Morgan fingerprint density at radius 2 is 0.733 bits per heavy atom. The molecule has 6 nitrogen and oxygen atoms in total. The molecule has 0 aromatic heterocycles. The van der Waals surface area contributed by atoms with E-state index in [0.29, 0.717) is 22.5 Å². The first-order valence-corrected chi connectivity index (χ1v) is 14.6. The van der Waals surface area contributed by atoms with Gasteiger partial charge in [-0.15, -0.1) is 11.4 Å². The number of aryl methyl sites for hydroxylation is 8. The van der Waals surface area contributed by atoms with Crippen molar-refractivity contribution in [3.63, 3.8) is 0 Å². The van der Waals surface area contributed by atoms with Crippen LogP contribution in [0.1, 0.15) is 65.2 Å². The van der Waals surface area contributed by atoms with Gasteiger partial charge in [-0.3, -0.25) is 0 Å². The molecule has 4 rings (SSSR count). The quantitative estimate of drug-likeness (QED) is 0.210. The average molecular weight is 682 g/mol. The van der Waals surface area contributed by atoms with Gasteiger partial charge in [0, 0.05) is 11.1 Å². The average Bonchev–Trinajstić information content (AvgIpc) is 2.89. The summed E-state index contributed by atoms with van der Waals surface area (Å²) in [5, 5.41) is 16.2. The largest absolute Gasteiger partial charge is 4.00 e. The number of hydrogen-bond acceptors (Lipinski definition) is 2. The van der Waals surface area contributed by atoms with Gasteiger partial charge in [0.05, 0.1) is 11.8 Å². The molecule has 0 spiro atoms. The number of rotatable bonds is 5. The van der Waals surface area contributed by atoms with Gasteiger partial charge in [0.2, 0.25) is 0 Å². The number of amides is 2. The van der Waals surface area contributed by atoms with Gasteiger partial charge in [0.15, 0.2) is 0 Å². The van der Waals surface area contributed by atoms with Crippen LogP contribution in [0, 0.1) is 55.4 Å². The fraction of sp³-hybridized carbons (Fsp3) is 0.316. The number of nitrogens with zero attached hydrogens (tertiary/aromatic N) is 4. The summed E-state index contributed by atoms with van der Waals surface area (Å²) in [7, 11) is 7.00. The van der Waals surface area contributed by atoms with Crippen LogP contribution < -0.4 is 0 Å². The Labute approximate surface area is 289 Å². The van der Waals surface area contributed by atoms with E-state index >= 15 is 0 Å². The summed E-state index contributed by atoms with van der Waals surface area (Å²) >= 11 is 0. The molecule has 0 saturated heterocycles. The van der Waals surface area contributed by atoms with Crippen molar-refractivity contribution in [1.29, 1.82) is 0 Å².